The molecule has 156 valence electrons. The highest BCUT2D eigenvalue weighted by atomic mass is 16.6. The van der Waals surface area contributed by atoms with Crippen molar-refractivity contribution in [1.82, 2.24) is 30.1 Å². The molecule has 0 spiro atoms. The number of pyridine rings is 1. The normalized spacial score (nSPS) is 15.2. The van der Waals surface area contributed by atoms with Crippen LogP contribution in [0.3, 0.4) is 0 Å². The van der Waals surface area contributed by atoms with Crippen molar-refractivity contribution in [1.29, 1.82) is 0 Å². The fourth-order valence-corrected chi connectivity index (χ4v) is 3.20. The van der Waals surface area contributed by atoms with Crippen LogP contribution in [0.4, 0.5) is 4.79 Å². The van der Waals surface area contributed by atoms with E-state index in [0.717, 1.165) is 36.7 Å². The molecule has 29 heavy (non-hydrogen) atoms. The summed E-state index contributed by atoms with van der Waals surface area (Å²) in [6.45, 7) is 6.98. The summed E-state index contributed by atoms with van der Waals surface area (Å²) in [5, 5.41) is 6.79. The predicted octanol–water partition coefficient (Wildman–Crippen LogP) is 1.94. The van der Waals surface area contributed by atoms with Crippen molar-refractivity contribution >= 4 is 12.1 Å². The number of aromatic nitrogens is 3. The third-order valence-corrected chi connectivity index (χ3v) is 4.70. The van der Waals surface area contributed by atoms with Crippen LogP contribution in [0.2, 0.25) is 0 Å². The van der Waals surface area contributed by atoms with Gasteiger partial charge >= 0.3 is 6.09 Å². The zero-order valence-electron chi connectivity index (χ0n) is 17.0. The zero-order valence-corrected chi connectivity index (χ0v) is 17.0. The van der Waals surface area contributed by atoms with Crippen LogP contribution in [-0.4, -0.2) is 63.8 Å². The van der Waals surface area contributed by atoms with Gasteiger partial charge in [0.05, 0.1) is 13.2 Å². The second-order valence-corrected chi connectivity index (χ2v) is 6.79. The minimum Gasteiger partial charge on any atom is -0.450 e. The van der Waals surface area contributed by atoms with Gasteiger partial charge in [0.2, 0.25) is 0 Å². The highest BCUT2D eigenvalue weighted by Gasteiger charge is 2.24. The fraction of sp³-hybridized carbons (Fsp3) is 0.500. The molecule has 2 aromatic heterocycles. The van der Waals surface area contributed by atoms with Gasteiger partial charge in [0, 0.05) is 44.3 Å². The van der Waals surface area contributed by atoms with Crippen molar-refractivity contribution in [3.63, 3.8) is 0 Å². The molecule has 1 aliphatic heterocycles. The lowest BCUT2D eigenvalue weighted by atomic mass is 10.1. The monoisotopic (exact) mass is 399 g/mol. The third kappa shape index (κ3) is 5.94. The average molecular weight is 399 g/mol. The van der Waals surface area contributed by atoms with E-state index in [4.69, 9.17) is 9.73 Å². The summed E-state index contributed by atoms with van der Waals surface area (Å²) >= 11 is 0. The molecule has 0 unspecified atom stereocenters. The molecule has 3 heterocycles. The molecule has 9 heteroatoms. The second-order valence-electron chi connectivity index (χ2n) is 6.79. The number of ether oxygens (including phenoxy) is 1. The third-order valence-electron chi connectivity index (χ3n) is 4.70. The summed E-state index contributed by atoms with van der Waals surface area (Å²) in [5.74, 6) is 1.60. The molecule has 0 atom stereocenters. The van der Waals surface area contributed by atoms with E-state index in [1.165, 1.54) is 0 Å². The molecule has 0 aromatic carbocycles. The van der Waals surface area contributed by atoms with Gasteiger partial charge in [-0.05, 0) is 44.4 Å². The van der Waals surface area contributed by atoms with Crippen molar-refractivity contribution in [3.05, 3.63) is 42.6 Å². The van der Waals surface area contributed by atoms with Crippen molar-refractivity contribution in [2.75, 3.05) is 26.2 Å². The van der Waals surface area contributed by atoms with E-state index in [2.05, 4.69) is 20.6 Å². The van der Waals surface area contributed by atoms with Crippen LogP contribution in [0.25, 0.3) is 5.82 Å². The number of nitrogens with zero attached hydrogens (tertiary/aromatic N) is 5. The zero-order chi connectivity index (χ0) is 20.5. The van der Waals surface area contributed by atoms with Crippen LogP contribution in [0, 0.1) is 0 Å². The number of guanidine groups is 1. The summed E-state index contributed by atoms with van der Waals surface area (Å²) < 4.78 is 6.95. The van der Waals surface area contributed by atoms with Crippen LogP contribution in [-0.2, 0) is 11.3 Å². The molecular formula is C20H29N7O2. The standard InChI is InChI=1S/C20H29N7O2/c1-3-22-19(25-17-6-10-26(11-7-17)20(28)29-4-2)24-14-16-5-8-23-18(13-16)27-12-9-21-15-27/h5,8-9,12-13,15,17H,3-4,6-7,10-11,14H2,1-2H3,(H2,22,24,25). The second kappa shape index (κ2) is 10.4. The summed E-state index contributed by atoms with van der Waals surface area (Å²) in [5.41, 5.74) is 1.07. The quantitative estimate of drug-likeness (QED) is 0.569. The highest BCUT2D eigenvalue weighted by Crippen LogP contribution is 2.12. The summed E-state index contributed by atoms with van der Waals surface area (Å²) in [6, 6.07) is 4.25. The van der Waals surface area contributed by atoms with Gasteiger partial charge in [-0.2, -0.15) is 0 Å². The first-order valence-corrected chi connectivity index (χ1v) is 10.1. The smallest absolute Gasteiger partial charge is 0.409 e. The molecule has 2 aromatic rings. The van der Waals surface area contributed by atoms with Crippen LogP contribution >= 0.6 is 0 Å². The van der Waals surface area contributed by atoms with E-state index < -0.39 is 0 Å². The predicted molar refractivity (Wildman–Crippen MR) is 111 cm³/mol. The Hall–Kier alpha value is -3.10. The maximum Gasteiger partial charge on any atom is 0.409 e. The Bertz CT molecular complexity index is 799. The molecule has 0 saturated carbocycles. The molecule has 1 saturated heterocycles. The van der Waals surface area contributed by atoms with Crippen molar-refractivity contribution in [3.8, 4) is 5.82 Å². The van der Waals surface area contributed by atoms with Crippen molar-refractivity contribution in [2.24, 2.45) is 4.99 Å². The van der Waals surface area contributed by atoms with E-state index in [9.17, 15) is 4.79 Å². The number of aliphatic imine (C=N–C) groups is 1. The minimum atomic E-state index is -0.224. The Morgan fingerprint density at radius 1 is 1.31 bits per heavy atom. The molecule has 1 fully saturated rings. The first kappa shape index (κ1) is 20.6. The number of nitrogens with one attached hydrogen (secondary N) is 2. The number of imidazole rings is 1. The van der Waals surface area contributed by atoms with Crippen LogP contribution in [0.15, 0.2) is 42.0 Å². The Morgan fingerprint density at radius 3 is 2.83 bits per heavy atom. The number of carbonyl (C=O) groups excluding carboxylic acids is 1. The molecule has 9 nitrogen and oxygen atoms in total. The number of likely N-dealkylation sites (tertiary alicyclic amines) is 1. The number of hydrogen-bond donors (Lipinski definition) is 2. The van der Waals surface area contributed by atoms with Crippen LogP contribution in [0.1, 0.15) is 32.3 Å². The number of piperidine rings is 1. The number of rotatable bonds is 6. The van der Waals surface area contributed by atoms with E-state index >= 15 is 0 Å². The van der Waals surface area contributed by atoms with Gasteiger partial charge in [0.15, 0.2) is 5.96 Å². The Labute approximate surface area is 171 Å². The molecule has 2 N–H and O–H groups in total. The summed E-state index contributed by atoms with van der Waals surface area (Å²) in [6.07, 6.45) is 8.61. The van der Waals surface area contributed by atoms with E-state index in [1.807, 2.05) is 36.7 Å². The number of carbonyl (C=O) groups is 1. The first-order chi connectivity index (χ1) is 14.2. The minimum absolute atomic E-state index is 0.224. The topological polar surface area (TPSA) is 96.7 Å². The molecular weight excluding hydrogens is 370 g/mol. The van der Waals surface area contributed by atoms with Gasteiger partial charge in [0.1, 0.15) is 12.1 Å². The molecule has 1 aliphatic rings. The Balaban J connectivity index is 1.57. The van der Waals surface area contributed by atoms with E-state index in [0.29, 0.717) is 26.2 Å². The largest absolute Gasteiger partial charge is 0.450 e. The van der Waals surface area contributed by atoms with Gasteiger partial charge < -0.3 is 20.3 Å². The molecule has 3 rings (SSSR count). The lowest BCUT2D eigenvalue weighted by molar-refractivity contribution is 0.0963. The number of amides is 1. The summed E-state index contributed by atoms with van der Waals surface area (Å²) in [4.78, 5) is 26.8. The molecule has 0 radical (unpaired) electrons. The van der Waals surface area contributed by atoms with E-state index in [1.54, 1.807) is 23.6 Å². The van der Waals surface area contributed by atoms with Crippen molar-refractivity contribution in [2.45, 2.75) is 39.3 Å². The van der Waals surface area contributed by atoms with Crippen LogP contribution < -0.4 is 10.6 Å². The molecule has 0 aliphatic carbocycles. The lowest BCUT2D eigenvalue weighted by Crippen LogP contribution is -2.49. The van der Waals surface area contributed by atoms with Gasteiger partial charge in [-0.1, -0.05) is 0 Å². The highest BCUT2D eigenvalue weighted by molar-refractivity contribution is 5.80. The van der Waals surface area contributed by atoms with Gasteiger partial charge in [-0.3, -0.25) is 4.57 Å². The van der Waals surface area contributed by atoms with Crippen molar-refractivity contribution < 1.29 is 9.53 Å². The first-order valence-electron chi connectivity index (χ1n) is 10.1. The maximum atomic E-state index is 11.8. The van der Waals surface area contributed by atoms with Gasteiger partial charge in [-0.25, -0.2) is 19.8 Å². The van der Waals surface area contributed by atoms with Gasteiger partial charge in [0.25, 0.3) is 0 Å². The molecule has 0 bridgehead atoms. The number of hydrogen-bond acceptors (Lipinski definition) is 5. The SMILES string of the molecule is CCNC(=NCc1ccnc(-n2ccnc2)c1)NC1CCN(C(=O)OCC)CC1. The summed E-state index contributed by atoms with van der Waals surface area (Å²) in [7, 11) is 0. The lowest BCUT2D eigenvalue weighted by Gasteiger charge is -2.32. The Kier molecular flexibility index (Phi) is 7.43. The van der Waals surface area contributed by atoms with E-state index in [-0.39, 0.29) is 12.1 Å². The fourth-order valence-electron chi connectivity index (χ4n) is 3.20. The maximum absolute atomic E-state index is 11.8. The van der Waals surface area contributed by atoms with Gasteiger partial charge in [-0.15, -0.1) is 0 Å². The average Bonchev–Trinajstić information content (AvgIpc) is 3.28. The molecule has 1 amide bonds. The van der Waals surface area contributed by atoms with Crippen LogP contribution in [0.5, 0.6) is 0 Å². The Morgan fingerprint density at radius 2 is 2.14 bits per heavy atom.